The average molecular weight is 492 g/mol. The van der Waals surface area contributed by atoms with Crippen LogP contribution in [0.4, 0.5) is 0 Å². The molecule has 0 spiro atoms. The number of nitrogens with zero attached hydrogens (tertiary/aromatic N) is 3. The zero-order chi connectivity index (χ0) is 24.6. The van der Waals surface area contributed by atoms with Gasteiger partial charge in [0.15, 0.2) is 17.5 Å². The molecule has 0 aliphatic heterocycles. The first-order valence-corrected chi connectivity index (χ1v) is 13.0. The smallest absolute Gasteiger partial charge is 0.164 e. The normalized spacial score (nSPS) is 11.2. The van der Waals surface area contributed by atoms with Crippen molar-refractivity contribution in [2.45, 2.75) is 0 Å². The molecule has 0 fully saturated rings. The minimum absolute atomic E-state index is 0.667. The second kappa shape index (κ2) is 9.08. The van der Waals surface area contributed by atoms with Gasteiger partial charge in [0.1, 0.15) is 0 Å². The first-order chi connectivity index (χ1) is 18.3. The Labute approximate surface area is 218 Å². The highest BCUT2D eigenvalue weighted by Crippen LogP contribution is 2.40. The Balaban J connectivity index is 1.52. The second-order valence-electron chi connectivity index (χ2n) is 8.86. The summed E-state index contributed by atoms with van der Waals surface area (Å²) < 4.78 is 2.49. The zero-order valence-electron chi connectivity index (χ0n) is 19.9. The van der Waals surface area contributed by atoms with Crippen molar-refractivity contribution in [1.29, 1.82) is 0 Å². The van der Waals surface area contributed by atoms with Crippen molar-refractivity contribution in [3.05, 3.63) is 127 Å². The van der Waals surface area contributed by atoms with Gasteiger partial charge < -0.3 is 0 Å². The van der Waals surface area contributed by atoms with E-state index in [-0.39, 0.29) is 0 Å². The fourth-order valence-corrected chi connectivity index (χ4v) is 5.97. The van der Waals surface area contributed by atoms with Crippen molar-refractivity contribution in [2.24, 2.45) is 0 Å². The third-order valence-electron chi connectivity index (χ3n) is 6.56. The minimum Gasteiger partial charge on any atom is -0.208 e. The van der Waals surface area contributed by atoms with E-state index in [1.807, 2.05) is 42.5 Å². The Kier molecular flexibility index (Phi) is 5.30. The third-order valence-corrected chi connectivity index (χ3v) is 7.70. The van der Waals surface area contributed by atoms with Crippen molar-refractivity contribution >= 4 is 31.5 Å². The largest absolute Gasteiger partial charge is 0.208 e. The molecule has 7 rings (SSSR count). The highest BCUT2D eigenvalue weighted by molar-refractivity contribution is 7.25. The van der Waals surface area contributed by atoms with E-state index in [2.05, 4.69) is 84.9 Å². The summed E-state index contributed by atoms with van der Waals surface area (Å²) in [7, 11) is 0. The Morgan fingerprint density at radius 3 is 1.70 bits per heavy atom. The lowest BCUT2D eigenvalue weighted by Gasteiger charge is -2.12. The lowest BCUT2D eigenvalue weighted by molar-refractivity contribution is 1.08. The van der Waals surface area contributed by atoms with E-state index in [4.69, 9.17) is 15.0 Å². The number of fused-ring (bicyclic) bond motifs is 3. The molecule has 0 aliphatic rings. The van der Waals surface area contributed by atoms with Crippen LogP contribution in [0.25, 0.3) is 65.5 Å². The third kappa shape index (κ3) is 3.88. The first-order valence-electron chi connectivity index (χ1n) is 12.2. The summed E-state index contributed by atoms with van der Waals surface area (Å²) >= 11 is 1.80. The van der Waals surface area contributed by atoms with Crippen LogP contribution in [0.15, 0.2) is 127 Å². The molecular weight excluding hydrogens is 470 g/mol. The molecule has 0 N–H and O–H groups in total. The lowest BCUT2D eigenvalue weighted by atomic mass is 9.99. The van der Waals surface area contributed by atoms with Gasteiger partial charge in [0.2, 0.25) is 0 Å². The maximum atomic E-state index is 5.10. The fourth-order valence-electron chi connectivity index (χ4n) is 4.84. The summed E-state index contributed by atoms with van der Waals surface area (Å²) in [5.74, 6) is 2.01. The summed E-state index contributed by atoms with van der Waals surface area (Å²) in [6.07, 6.45) is 0. The quantitative estimate of drug-likeness (QED) is 0.247. The number of benzene rings is 5. The highest BCUT2D eigenvalue weighted by Gasteiger charge is 2.18. The van der Waals surface area contributed by atoms with Crippen LogP contribution in [0.2, 0.25) is 0 Å². The molecule has 0 bridgehead atoms. The zero-order valence-corrected chi connectivity index (χ0v) is 20.7. The van der Waals surface area contributed by atoms with Crippen molar-refractivity contribution in [1.82, 2.24) is 15.0 Å². The summed E-state index contributed by atoms with van der Waals surface area (Å²) in [5, 5.41) is 2.42. The molecule has 2 aromatic heterocycles. The number of hydrogen-bond acceptors (Lipinski definition) is 4. The van der Waals surface area contributed by atoms with Gasteiger partial charge in [-0.25, -0.2) is 15.0 Å². The molecular formula is C33H21N3S. The molecule has 0 amide bonds. The van der Waals surface area contributed by atoms with Crippen LogP contribution in [0.5, 0.6) is 0 Å². The van der Waals surface area contributed by atoms with Crippen LogP contribution in [0.3, 0.4) is 0 Å². The van der Waals surface area contributed by atoms with E-state index in [0.717, 1.165) is 27.8 Å². The topological polar surface area (TPSA) is 38.7 Å². The molecule has 0 unspecified atom stereocenters. The summed E-state index contributed by atoms with van der Waals surface area (Å²) in [4.78, 5) is 15.1. The van der Waals surface area contributed by atoms with Crippen LogP contribution in [0.1, 0.15) is 0 Å². The Morgan fingerprint density at radius 1 is 0.378 bits per heavy atom. The van der Waals surface area contributed by atoms with Crippen molar-refractivity contribution in [3.63, 3.8) is 0 Å². The number of thiophene rings is 1. The maximum absolute atomic E-state index is 5.10. The predicted octanol–water partition coefficient (Wildman–Crippen LogP) is 8.91. The standard InChI is InChI=1S/C33H21N3S/c1-3-12-22(13-4-1)24-16-7-8-17-25(24)32-34-31(23-14-5-2-6-15-23)35-33(36-32)27-19-11-21-29-30(27)26-18-9-10-20-28(26)37-29/h1-21H. The maximum Gasteiger partial charge on any atom is 0.164 e. The molecule has 3 nitrogen and oxygen atoms in total. The van der Waals surface area contributed by atoms with Crippen LogP contribution in [-0.2, 0) is 0 Å². The van der Waals surface area contributed by atoms with Crippen molar-refractivity contribution < 1.29 is 0 Å². The molecule has 0 saturated heterocycles. The lowest BCUT2D eigenvalue weighted by Crippen LogP contribution is -2.01. The molecule has 2 heterocycles. The molecule has 37 heavy (non-hydrogen) atoms. The second-order valence-corrected chi connectivity index (χ2v) is 9.94. The number of rotatable bonds is 4. The van der Waals surface area contributed by atoms with Gasteiger partial charge in [-0.1, -0.05) is 115 Å². The van der Waals surface area contributed by atoms with E-state index >= 15 is 0 Å². The number of aromatic nitrogens is 3. The van der Waals surface area contributed by atoms with Gasteiger partial charge >= 0.3 is 0 Å². The van der Waals surface area contributed by atoms with Crippen LogP contribution in [0, 0.1) is 0 Å². The van der Waals surface area contributed by atoms with E-state index in [0.29, 0.717) is 17.5 Å². The van der Waals surface area contributed by atoms with E-state index in [9.17, 15) is 0 Å². The molecule has 0 aliphatic carbocycles. The molecule has 5 aromatic carbocycles. The predicted molar refractivity (Wildman–Crippen MR) is 154 cm³/mol. The minimum atomic E-state index is 0.667. The van der Waals surface area contributed by atoms with Crippen molar-refractivity contribution in [2.75, 3.05) is 0 Å². The van der Waals surface area contributed by atoms with Gasteiger partial charge in [-0.05, 0) is 23.3 Å². The number of hydrogen-bond donors (Lipinski definition) is 0. The summed E-state index contributed by atoms with van der Waals surface area (Å²) in [5.41, 5.74) is 5.20. The van der Waals surface area contributed by atoms with Gasteiger partial charge in [-0.3, -0.25) is 0 Å². The highest BCUT2D eigenvalue weighted by atomic mass is 32.1. The molecule has 0 radical (unpaired) electrons. The molecule has 174 valence electrons. The van der Waals surface area contributed by atoms with E-state index in [1.165, 1.54) is 20.2 Å². The van der Waals surface area contributed by atoms with E-state index < -0.39 is 0 Å². The van der Waals surface area contributed by atoms with Gasteiger partial charge in [-0.15, -0.1) is 11.3 Å². The molecule has 0 atom stereocenters. The van der Waals surface area contributed by atoms with Crippen molar-refractivity contribution in [3.8, 4) is 45.3 Å². The van der Waals surface area contributed by atoms with Gasteiger partial charge in [-0.2, -0.15) is 0 Å². The monoisotopic (exact) mass is 491 g/mol. The first kappa shape index (κ1) is 21.6. The van der Waals surface area contributed by atoms with Gasteiger partial charge in [0.05, 0.1) is 0 Å². The Hall–Kier alpha value is -4.67. The fraction of sp³-hybridized carbons (Fsp3) is 0. The van der Waals surface area contributed by atoms with Crippen LogP contribution in [-0.4, -0.2) is 15.0 Å². The molecule has 0 saturated carbocycles. The summed E-state index contributed by atoms with van der Waals surface area (Å²) in [6.45, 7) is 0. The summed E-state index contributed by atoms with van der Waals surface area (Å²) in [6, 6.07) is 43.8. The SMILES string of the molecule is c1ccc(-c2nc(-c3ccccc3-c3ccccc3)nc(-c3cccc4sc5ccccc5c34)n2)cc1. The Morgan fingerprint density at radius 2 is 0.919 bits per heavy atom. The van der Waals surface area contributed by atoms with Crippen LogP contribution >= 0.6 is 11.3 Å². The van der Waals surface area contributed by atoms with Gasteiger partial charge in [0, 0.05) is 36.9 Å². The average Bonchev–Trinajstić information content (AvgIpc) is 3.37. The van der Waals surface area contributed by atoms with Crippen LogP contribution < -0.4 is 0 Å². The molecule has 7 aromatic rings. The molecule has 4 heteroatoms. The van der Waals surface area contributed by atoms with E-state index in [1.54, 1.807) is 11.3 Å². The van der Waals surface area contributed by atoms with Gasteiger partial charge in [0.25, 0.3) is 0 Å². The Bertz CT molecular complexity index is 1880.